The maximum absolute atomic E-state index is 3.15. The maximum atomic E-state index is 3.15. The van der Waals surface area contributed by atoms with Gasteiger partial charge in [-0.05, 0) is 18.9 Å². The molecule has 0 heteroatoms. The minimum Gasteiger partial charge on any atom is -0.104 e. The molecule has 0 heterocycles. The Morgan fingerprint density at radius 2 is 1.77 bits per heavy atom. The van der Waals surface area contributed by atoms with Gasteiger partial charge in [0, 0.05) is 12.8 Å². The van der Waals surface area contributed by atoms with Gasteiger partial charge in [0.15, 0.2) is 0 Å². The van der Waals surface area contributed by atoms with E-state index in [9.17, 15) is 0 Å². The van der Waals surface area contributed by atoms with Crippen molar-refractivity contribution in [2.75, 3.05) is 0 Å². The second-order valence-electron chi connectivity index (χ2n) is 3.19. The van der Waals surface area contributed by atoms with Gasteiger partial charge in [-0.3, -0.25) is 0 Å². The van der Waals surface area contributed by atoms with Crippen molar-refractivity contribution >= 4 is 0 Å². The molecule has 0 aliphatic rings. The van der Waals surface area contributed by atoms with Crippen LogP contribution in [0.5, 0.6) is 0 Å². The van der Waals surface area contributed by atoms with Crippen molar-refractivity contribution in [3.05, 3.63) is 35.4 Å². The first-order chi connectivity index (χ1) is 6.33. The second kappa shape index (κ2) is 5.43. The van der Waals surface area contributed by atoms with E-state index in [4.69, 9.17) is 0 Å². The van der Waals surface area contributed by atoms with E-state index in [2.05, 4.69) is 50.0 Å². The number of aryl methyl sites for hydroxylation is 2. The van der Waals surface area contributed by atoms with E-state index in [1.54, 1.807) is 0 Å². The fraction of sp³-hybridized carbons (Fsp3) is 0.385. The van der Waals surface area contributed by atoms with Crippen LogP contribution in [0.3, 0.4) is 0 Å². The van der Waals surface area contributed by atoms with E-state index >= 15 is 0 Å². The summed E-state index contributed by atoms with van der Waals surface area (Å²) in [6.45, 7) is 4.19. The Bertz CT molecular complexity index is 295. The quantitative estimate of drug-likeness (QED) is 0.600. The van der Waals surface area contributed by atoms with Crippen LogP contribution in [0.1, 0.15) is 30.9 Å². The van der Waals surface area contributed by atoms with Crippen LogP contribution >= 0.6 is 0 Å². The highest BCUT2D eigenvalue weighted by Crippen LogP contribution is 2.04. The lowest BCUT2D eigenvalue weighted by Gasteiger charge is -1.97. The van der Waals surface area contributed by atoms with Crippen LogP contribution < -0.4 is 0 Å². The van der Waals surface area contributed by atoms with Crippen molar-refractivity contribution in [1.82, 2.24) is 0 Å². The molecule has 0 fully saturated rings. The van der Waals surface area contributed by atoms with Gasteiger partial charge in [0.05, 0.1) is 0 Å². The van der Waals surface area contributed by atoms with Gasteiger partial charge in [-0.25, -0.2) is 0 Å². The fourth-order valence-electron chi connectivity index (χ4n) is 1.17. The smallest absolute Gasteiger partial charge is 0.0129 e. The zero-order valence-electron chi connectivity index (χ0n) is 8.43. The van der Waals surface area contributed by atoms with E-state index in [1.807, 2.05) is 0 Å². The zero-order valence-corrected chi connectivity index (χ0v) is 8.43. The van der Waals surface area contributed by atoms with Crippen LogP contribution in [0.15, 0.2) is 24.3 Å². The van der Waals surface area contributed by atoms with E-state index in [0.29, 0.717) is 0 Å². The molecule has 0 aromatic heterocycles. The van der Waals surface area contributed by atoms with Crippen molar-refractivity contribution in [2.24, 2.45) is 0 Å². The monoisotopic (exact) mass is 172 g/mol. The molecule has 0 saturated carbocycles. The van der Waals surface area contributed by atoms with Gasteiger partial charge < -0.3 is 0 Å². The van der Waals surface area contributed by atoms with Crippen molar-refractivity contribution in [3.63, 3.8) is 0 Å². The van der Waals surface area contributed by atoms with E-state index < -0.39 is 0 Å². The fourth-order valence-corrected chi connectivity index (χ4v) is 1.17. The van der Waals surface area contributed by atoms with E-state index in [-0.39, 0.29) is 0 Å². The van der Waals surface area contributed by atoms with Crippen LogP contribution in [0.2, 0.25) is 0 Å². The molecule has 0 spiro atoms. The van der Waals surface area contributed by atoms with Gasteiger partial charge in [-0.1, -0.05) is 36.8 Å². The second-order valence-corrected chi connectivity index (χ2v) is 3.19. The third-order valence-electron chi connectivity index (χ3n) is 1.96. The molecule has 0 saturated heterocycles. The molecule has 0 N–H and O–H groups in total. The van der Waals surface area contributed by atoms with Crippen molar-refractivity contribution in [1.29, 1.82) is 0 Å². The van der Waals surface area contributed by atoms with Gasteiger partial charge in [-0.2, -0.15) is 0 Å². The largest absolute Gasteiger partial charge is 0.104 e. The van der Waals surface area contributed by atoms with Crippen LogP contribution in [0.4, 0.5) is 0 Å². The van der Waals surface area contributed by atoms with Gasteiger partial charge in [0.25, 0.3) is 0 Å². The molecule has 0 aliphatic carbocycles. The number of hydrogen-bond donors (Lipinski definition) is 0. The third-order valence-corrected chi connectivity index (χ3v) is 1.96. The van der Waals surface area contributed by atoms with Gasteiger partial charge in [0.1, 0.15) is 0 Å². The minimum absolute atomic E-state index is 0.966. The summed E-state index contributed by atoms with van der Waals surface area (Å²) in [5.74, 6) is 6.23. The Morgan fingerprint density at radius 1 is 1.08 bits per heavy atom. The van der Waals surface area contributed by atoms with E-state index in [0.717, 1.165) is 19.3 Å². The average molecular weight is 172 g/mol. The summed E-state index contributed by atoms with van der Waals surface area (Å²) in [7, 11) is 0. The highest BCUT2D eigenvalue weighted by molar-refractivity contribution is 5.22. The summed E-state index contributed by atoms with van der Waals surface area (Å²) in [5, 5.41) is 0. The van der Waals surface area contributed by atoms with Crippen LogP contribution in [-0.4, -0.2) is 0 Å². The standard InChI is InChI=1S/C13H16/c1-3-4-5-6-7-13-10-8-12(2)9-11-13/h8-11H,3,6-7H2,1-2H3. The molecular formula is C13H16. The van der Waals surface area contributed by atoms with Crippen LogP contribution in [-0.2, 0) is 6.42 Å². The summed E-state index contributed by atoms with van der Waals surface area (Å²) in [6, 6.07) is 8.68. The predicted molar refractivity (Wildman–Crippen MR) is 57.6 cm³/mol. The molecule has 68 valence electrons. The molecule has 1 aromatic rings. The number of rotatable bonds is 2. The van der Waals surface area contributed by atoms with Crippen molar-refractivity contribution < 1.29 is 0 Å². The molecule has 0 bridgehead atoms. The summed E-state index contributed by atoms with van der Waals surface area (Å²) in [6.07, 6.45) is 3.03. The molecule has 1 rings (SSSR count). The molecule has 0 aliphatic heterocycles. The molecule has 0 amide bonds. The summed E-state index contributed by atoms with van der Waals surface area (Å²) in [5.41, 5.74) is 2.71. The Hall–Kier alpha value is -1.22. The summed E-state index contributed by atoms with van der Waals surface area (Å²) >= 11 is 0. The molecule has 0 nitrogen and oxygen atoms in total. The molecule has 13 heavy (non-hydrogen) atoms. The molecular weight excluding hydrogens is 156 g/mol. The Morgan fingerprint density at radius 3 is 2.38 bits per heavy atom. The lowest BCUT2D eigenvalue weighted by molar-refractivity contribution is 1.02. The Balaban J connectivity index is 2.41. The molecule has 0 unspecified atom stereocenters. The minimum atomic E-state index is 0.966. The average Bonchev–Trinajstić information content (AvgIpc) is 2.15. The van der Waals surface area contributed by atoms with Crippen LogP contribution in [0, 0.1) is 18.8 Å². The van der Waals surface area contributed by atoms with Crippen molar-refractivity contribution in [3.8, 4) is 11.8 Å². The van der Waals surface area contributed by atoms with E-state index in [1.165, 1.54) is 11.1 Å². The first-order valence-electron chi connectivity index (χ1n) is 4.84. The highest BCUT2D eigenvalue weighted by atomic mass is 13.9. The lowest BCUT2D eigenvalue weighted by Crippen LogP contribution is -1.83. The maximum Gasteiger partial charge on any atom is 0.0129 e. The number of benzene rings is 1. The molecule has 1 aromatic carbocycles. The summed E-state index contributed by atoms with van der Waals surface area (Å²) < 4.78 is 0. The first-order valence-corrected chi connectivity index (χ1v) is 4.84. The first kappa shape index (κ1) is 9.86. The SMILES string of the molecule is CCC#CCCc1ccc(C)cc1. The lowest BCUT2D eigenvalue weighted by atomic mass is 10.1. The number of hydrogen-bond acceptors (Lipinski definition) is 0. The molecule has 0 radical (unpaired) electrons. The zero-order chi connectivity index (χ0) is 9.52. The Labute approximate surface area is 81.0 Å². The Kier molecular flexibility index (Phi) is 4.12. The highest BCUT2D eigenvalue weighted by Gasteiger charge is 1.89. The summed E-state index contributed by atoms with van der Waals surface area (Å²) in [4.78, 5) is 0. The third kappa shape index (κ3) is 3.80. The molecule has 0 atom stereocenters. The normalized spacial score (nSPS) is 9.08. The van der Waals surface area contributed by atoms with Crippen LogP contribution in [0.25, 0.3) is 0 Å². The predicted octanol–water partition coefficient (Wildman–Crippen LogP) is 3.34. The van der Waals surface area contributed by atoms with Gasteiger partial charge in [0.2, 0.25) is 0 Å². The topological polar surface area (TPSA) is 0 Å². The van der Waals surface area contributed by atoms with Gasteiger partial charge in [-0.15, -0.1) is 11.8 Å². The van der Waals surface area contributed by atoms with Crippen molar-refractivity contribution in [2.45, 2.75) is 33.1 Å². The van der Waals surface area contributed by atoms with Gasteiger partial charge >= 0.3 is 0 Å².